The Labute approximate surface area is 125 Å². The highest BCUT2D eigenvalue weighted by molar-refractivity contribution is 6.47. The molecular formula is C13H12BFN2O5. The SMILES string of the molecule is N#CCCC(=O)N[C@H]1Cc2ccc(F)c(C(=O)O)c2OB1O. The van der Waals surface area contributed by atoms with Crippen LogP contribution in [0, 0.1) is 17.1 Å². The topological polar surface area (TPSA) is 120 Å². The van der Waals surface area contributed by atoms with Crippen molar-refractivity contribution in [3.63, 3.8) is 0 Å². The Bertz CT molecular complexity index is 661. The Balaban J connectivity index is 2.21. The molecule has 0 saturated carbocycles. The van der Waals surface area contributed by atoms with Crippen LogP contribution in [0.4, 0.5) is 4.39 Å². The lowest BCUT2D eigenvalue weighted by Crippen LogP contribution is -2.53. The highest BCUT2D eigenvalue weighted by atomic mass is 19.1. The molecule has 22 heavy (non-hydrogen) atoms. The summed E-state index contributed by atoms with van der Waals surface area (Å²) in [6.45, 7) is 0. The van der Waals surface area contributed by atoms with Crippen LogP contribution in [0.1, 0.15) is 28.8 Å². The van der Waals surface area contributed by atoms with Crippen molar-refractivity contribution in [1.82, 2.24) is 5.32 Å². The lowest BCUT2D eigenvalue weighted by Gasteiger charge is -2.29. The summed E-state index contributed by atoms with van der Waals surface area (Å²) < 4.78 is 18.6. The number of halogens is 1. The zero-order chi connectivity index (χ0) is 16.3. The molecule has 0 bridgehead atoms. The van der Waals surface area contributed by atoms with Crippen LogP contribution in [0.15, 0.2) is 12.1 Å². The van der Waals surface area contributed by atoms with Gasteiger partial charge in [-0.2, -0.15) is 5.26 Å². The molecule has 1 aromatic carbocycles. The van der Waals surface area contributed by atoms with Crippen LogP contribution in [0.3, 0.4) is 0 Å². The molecule has 7 nitrogen and oxygen atoms in total. The summed E-state index contributed by atoms with van der Waals surface area (Å²) in [5.41, 5.74) is -0.277. The molecule has 3 N–H and O–H groups in total. The van der Waals surface area contributed by atoms with Crippen LogP contribution in [0.25, 0.3) is 0 Å². The van der Waals surface area contributed by atoms with Gasteiger partial charge in [-0.3, -0.25) is 4.79 Å². The predicted molar refractivity (Wildman–Crippen MR) is 72.4 cm³/mol. The highest BCUT2D eigenvalue weighted by Crippen LogP contribution is 2.32. The Morgan fingerprint density at radius 2 is 2.27 bits per heavy atom. The van der Waals surface area contributed by atoms with Gasteiger partial charge in [0.25, 0.3) is 0 Å². The van der Waals surface area contributed by atoms with Crippen molar-refractivity contribution in [3.8, 4) is 11.8 Å². The third kappa shape index (κ3) is 3.18. The van der Waals surface area contributed by atoms with E-state index in [9.17, 15) is 19.0 Å². The molecule has 2 rings (SSSR count). The molecule has 0 aliphatic carbocycles. The number of hydrogen-bond donors (Lipinski definition) is 3. The van der Waals surface area contributed by atoms with Crippen molar-refractivity contribution in [2.75, 3.05) is 0 Å². The number of carbonyl (C=O) groups excluding carboxylic acids is 1. The van der Waals surface area contributed by atoms with Crippen LogP contribution >= 0.6 is 0 Å². The molecule has 0 spiro atoms. The standard InChI is InChI=1S/C13H12BFN2O5/c15-8-4-3-7-6-9(17-10(18)2-1-5-16)14(21)22-12(7)11(8)13(19)20/h3-4,9,21H,1-2,6H2,(H,17,18)(H,19,20)/t9-/m0/s1. The van der Waals surface area contributed by atoms with E-state index in [2.05, 4.69) is 5.32 Å². The minimum Gasteiger partial charge on any atom is -0.534 e. The minimum atomic E-state index is -1.50. The summed E-state index contributed by atoms with van der Waals surface area (Å²) in [5, 5.41) is 29.8. The molecule has 0 radical (unpaired) electrons. The maximum atomic E-state index is 13.6. The average molecular weight is 306 g/mol. The number of nitrogens with one attached hydrogen (secondary N) is 1. The predicted octanol–water partition coefficient (Wildman–Crippen LogP) is 0.267. The maximum Gasteiger partial charge on any atom is 0.547 e. The van der Waals surface area contributed by atoms with Gasteiger partial charge in [0.15, 0.2) is 0 Å². The van der Waals surface area contributed by atoms with Gasteiger partial charge in [-0.25, -0.2) is 9.18 Å². The van der Waals surface area contributed by atoms with Gasteiger partial charge in [-0.05, 0) is 18.1 Å². The number of rotatable bonds is 4. The van der Waals surface area contributed by atoms with Gasteiger partial charge in [-0.1, -0.05) is 6.07 Å². The number of carboxylic acid groups (broad SMARTS) is 1. The van der Waals surface area contributed by atoms with E-state index >= 15 is 0 Å². The second kappa shape index (κ2) is 6.45. The number of fused-ring (bicyclic) bond motifs is 1. The molecule has 1 atom stereocenters. The van der Waals surface area contributed by atoms with Gasteiger partial charge < -0.3 is 20.1 Å². The van der Waals surface area contributed by atoms with Crippen LogP contribution in [0.2, 0.25) is 0 Å². The molecular weight excluding hydrogens is 294 g/mol. The molecule has 0 aromatic heterocycles. The molecule has 1 aliphatic heterocycles. The zero-order valence-corrected chi connectivity index (χ0v) is 11.4. The minimum absolute atomic E-state index is 0.0175. The molecule has 114 valence electrons. The van der Waals surface area contributed by atoms with E-state index in [0.29, 0.717) is 5.56 Å². The van der Waals surface area contributed by atoms with E-state index in [1.54, 1.807) is 0 Å². The normalized spacial score (nSPS) is 16.2. The number of carboxylic acids is 1. The maximum absolute atomic E-state index is 13.6. The van der Waals surface area contributed by atoms with Crippen LogP contribution in [-0.2, 0) is 11.2 Å². The third-order valence-electron chi connectivity index (χ3n) is 3.24. The first-order valence-corrected chi connectivity index (χ1v) is 6.49. The first kappa shape index (κ1) is 15.8. The van der Waals surface area contributed by atoms with Crippen molar-refractivity contribution in [2.24, 2.45) is 0 Å². The van der Waals surface area contributed by atoms with Crippen molar-refractivity contribution < 1.29 is 28.8 Å². The monoisotopic (exact) mass is 306 g/mol. The molecule has 0 fully saturated rings. The van der Waals surface area contributed by atoms with Gasteiger partial charge in [0.1, 0.15) is 17.1 Å². The Hall–Kier alpha value is -2.60. The number of nitrogens with zero attached hydrogens (tertiary/aromatic N) is 1. The van der Waals surface area contributed by atoms with Gasteiger partial charge in [0, 0.05) is 12.8 Å². The van der Waals surface area contributed by atoms with Crippen molar-refractivity contribution in [3.05, 3.63) is 29.1 Å². The number of nitriles is 1. The molecule has 0 unspecified atom stereocenters. The second-order valence-electron chi connectivity index (χ2n) is 4.76. The Morgan fingerprint density at radius 1 is 1.55 bits per heavy atom. The Kier molecular flexibility index (Phi) is 4.63. The molecule has 1 aliphatic rings. The van der Waals surface area contributed by atoms with Crippen molar-refractivity contribution in [1.29, 1.82) is 5.26 Å². The first-order chi connectivity index (χ1) is 10.4. The van der Waals surface area contributed by atoms with E-state index in [1.165, 1.54) is 6.07 Å². The van der Waals surface area contributed by atoms with Crippen molar-refractivity contribution >= 4 is 19.0 Å². The van der Waals surface area contributed by atoms with Crippen LogP contribution in [0.5, 0.6) is 5.75 Å². The summed E-state index contributed by atoms with van der Waals surface area (Å²) >= 11 is 0. The molecule has 9 heteroatoms. The molecule has 0 saturated heterocycles. The number of hydrogen-bond acceptors (Lipinski definition) is 5. The van der Waals surface area contributed by atoms with Gasteiger partial charge in [0.2, 0.25) is 5.91 Å². The van der Waals surface area contributed by atoms with E-state index in [4.69, 9.17) is 15.0 Å². The van der Waals surface area contributed by atoms with Crippen LogP contribution in [-0.4, -0.2) is 35.1 Å². The smallest absolute Gasteiger partial charge is 0.534 e. The van der Waals surface area contributed by atoms with E-state index in [1.807, 2.05) is 6.07 Å². The molecule has 1 heterocycles. The first-order valence-electron chi connectivity index (χ1n) is 6.49. The zero-order valence-electron chi connectivity index (χ0n) is 11.4. The third-order valence-corrected chi connectivity index (χ3v) is 3.24. The summed E-state index contributed by atoms with van der Waals surface area (Å²) in [6.07, 6.45) is 0.117. The van der Waals surface area contributed by atoms with E-state index < -0.39 is 36.3 Å². The summed E-state index contributed by atoms with van der Waals surface area (Å²) in [7, 11) is -1.50. The fourth-order valence-electron chi connectivity index (χ4n) is 2.21. The number of carbonyl (C=O) groups is 2. The van der Waals surface area contributed by atoms with Gasteiger partial charge in [-0.15, -0.1) is 0 Å². The van der Waals surface area contributed by atoms with E-state index in [0.717, 1.165) is 6.07 Å². The largest absolute Gasteiger partial charge is 0.547 e. The van der Waals surface area contributed by atoms with E-state index in [-0.39, 0.29) is 25.0 Å². The van der Waals surface area contributed by atoms with Gasteiger partial charge in [0.05, 0.1) is 12.0 Å². The fraction of sp³-hybridized carbons (Fsp3) is 0.308. The lowest BCUT2D eigenvalue weighted by atomic mass is 9.72. The lowest BCUT2D eigenvalue weighted by molar-refractivity contribution is -0.121. The number of benzene rings is 1. The molecule has 1 amide bonds. The quantitative estimate of drug-likeness (QED) is 0.687. The average Bonchev–Trinajstić information content (AvgIpc) is 2.45. The van der Waals surface area contributed by atoms with Gasteiger partial charge >= 0.3 is 13.1 Å². The summed E-state index contributed by atoms with van der Waals surface area (Å²) in [4.78, 5) is 22.6. The molecule has 1 aromatic rings. The Morgan fingerprint density at radius 3 is 2.91 bits per heavy atom. The second-order valence-corrected chi connectivity index (χ2v) is 4.76. The highest BCUT2D eigenvalue weighted by Gasteiger charge is 2.38. The summed E-state index contributed by atoms with van der Waals surface area (Å²) in [5.74, 6) is -3.93. The number of aromatic carboxylic acids is 1. The summed E-state index contributed by atoms with van der Waals surface area (Å²) in [6, 6.07) is 4.17. The van der Waals surface area contributed by atoms with Crippen LogP contribution < -0.4 is 9.97 Å². The number of amides is 1. The fourth-order valence-corrected chi connectivity index (χ4v) is 2.21. The van der Waals surface area contributed by atoms with Crippen molar-refractivity contribution in [2.45, 2.75) is 25.2 Å².